The molecule has 0 spiro atoms. The highest BCUT2D eigenvalue weighted by atomic mass is 79.9. The van der Waals surface area contributed by atoms with Crippen LogP contribution in [0.1, 0.15) is 19.8 Å². The van der Waals surface area contributed by atoms with Gasteiger partial charge in [0.1, 0.15) is 4.60 Å². The Hall–Kier alpha value is -0.570. The van der Waals surface area contributed by atoms with E-state index in [-0.39, 0.29) is 0 Å². The number of pyridine rings is 1. The van der Waals surface area contributed by atoms with Crippen molar-refractivity contribution in [3.63, 3.8) is 0 Å². The van der Waals surface area contributed by atoms with E-state index < -0.39 is 0 Å². The van der Waals surface area contributed by atoms with Crippen LogP contribution in [0.2, 0.25) is 0 Å². The van der Waals surface area contributed by atoms with E-state index in [4.69, 9.17) is 0 Å². The summed E-state index contributed by atoms with van der Waals surface area (Å²) in [7, 11) is 0. The molecular weight excluding hydrogens is 228 g/mol. The Bertz CT molecular complexity index is 277. The van der Waals surface area contributed by atoms with Crippen LogP contribution in [-0.2, 0) is 0 Å². The molecule has 0 saturated heterocycles. The van der Waals surface area contributed by atoms with E-state index in [0.717, 1.165) is 16.2 Å². The predicted molar refractivity (Wildman–Crippen MR) is 57.7 cm³/mol. The van der Waals surface area contributed by atoms with Crippen LogP contribution >= 0.6 is 15.9 Å². The molecule has 1 heterocycles. The van der Waals surface area contributed by atoms with Crippen molar-refractivity contribution in [2.45, 2.75) is 25.8 Å². The second kappa shape index (κ2) is 3.66. The van der Waals surface area contributed by atoms with Crippen molar-refractivity contribution in [1.82, 2.24) is 4.98 Å². The molecule has 2 rings (SSSR count). The number of halogens is 1. The molecule has 1 saturated carbocycles. The lowest BCUT2D eigenvalue weighted by Gasteiger charge is -2.33. The Morgan fingerprint density at radius 1 is 1.46 bits per heavy atom. The molecule has 13 heavy (non-hydrogen) atoms. The van der Waals surface area contributed by atoms with Crippen molar-refractivity contribution in [3.05, 3.63) is 22.9 Å². The number of rotatable bonds is 2. The molecule has 1 aliphatic carbocycles. The summed E-state index contributed by atoms with van der Waals surface area (Å²) in [6, 6.07) is 4.68. The van der Waals surface area contributed by atoms with Crippen molar-refractivity contribution in [2.24, 2.45) is 5.92 Å². The monoisotopic (exact) mass is 240 g/mol. The van der Waals surface area contributed by atoms with Crippen molar-refractivity contribution >= 4 is 21.6 Å². The molecule has 0 radical (unpaired) electrons. The second-order valence-electron chi connectivity index (χ2n) is 3.79. The lowest BCUT2D eigenvalue weighted by Crippen LogP contribution is -2.33. The van der Waals surface area contributed by atoms with Crippen LogP contribution in [0.15, 0.2) is 22.9 Å². The van der Waals surface area contributed by atoms with E-state index in [1.54, 1.807) is 0 Å². The van der Waals surface area contributed by atoms with Crippen LogP contribution in [-0.4, -0.2) is 11.0 Å². The first kappa shape index (κ1) is 9.00. The lowest BCUT2D eigenvalue weighted by atomic mass is 9.82. The highest BCUT2D eigenvalue weighted by molar-refractivity contribution is 9.10. The highest BCUT2D eigenvalue weighted by Gasteiger charge is 2.24. The van der Waals surface area contributed by atoms with E-state index >= 15 is 0 Å². The Balaban J connectivity index is 1.91. The average molecular weight is 241 g/mol. The molecule has 1 aliphatic rings. The quantitative estimate of drug-likeness (QED) is 0.805. The molecule has 2 nitrogen and oxygen atoms in total. The van der Waals surface area contributed by atoms with Gasteiger partial charge in [0, 0.05) is 6.04 Å². The maximum atomic E-state index is 4.16. The van der Waals surface area contributed by atoms with Gasteiger partial charge in [0.05, 0.1) is 11.9 Å². The topological polar surface area (TPSA) is 24.9 Å². The molecule has 1 aromatic heterocycles. The van der Waals surface area contributed by atoms with Gasteiger partial charge in [-0.05, 0) is 46.8 Å². The number of nitrogens with one attached hydrogen (secondary N) is 1. The van der Waals surface area contributed by atoms with Crippen LogP contribution in [0.4, 0.5) is 5.69 Å². The van der Waals surface area contributed by atoms with E-state index in [1.807, 2.05) is 12.3 Å². The van der Waals surface area contributed by atoms with Gasteiger partial charge in [-0.2, -0.15) is 0 Å². The molecule has 70 valence electrons. The number of nitrogens with zero attached hydrogens (tertiary/aromatic N) is 1. The fourth-order valence-electron chi connectivity index (χ4n) is 1.72. The maximum absolute atomic E-state index is 4.16. The Morgan fingerprint density at radius 3 is 2.77 bits per heavy atom. The van der Waals surface area contributed by atoms with Crippen LogP contribution in [0.3, 0.4) is 0 Å². The Labute approximate surface area is 86.9 Å². The van der Waals surface area contributed by atoms with Gasteiger partial charge in [-0.3, -0.25) is 0 Å². The van der Waals surface area contributed by atoms with E-state index in [2.05, 4.69) is 39.2 Å². The van der Waals surface area contributed by atoms with Crippen LogP contribution in [0.5, 0.6) is 0 Å². The fraction of sp³-hybridized carbons (Fsp3) is 0.500. The third-order valence-electron chi connectivity index (χ3n) is 2.47. The van der Waals surface area contributed by atoms with Crippen LogP contribution in [0, 0.1) is 5.92 Å². The molecule has 1 N–H and O–H groups in total. The van der Waals surface area contributed by atoms with Gasteiger partial charge in [0.2, 0.25) is 0 Å². The minimum atomic E-state index is 0.665. The summed E-state index contributed by atoms with van der Waals surface area (Å²) < 4.78 is 0.889. The molecular formula is C10H13BrN2. The molecule has 1 fully saturated rings. The van der Waals surface area contributed by atoms with Crippen molar-refractivity contribution < 1.29 is 0 Å². The van der Waals surface area contributed by atoms with Crippen LogP contribution < -0.4 is 5.32 Å². The second-order valence-corrected chi connectivity index (χ2v) is 4.60. The molecule has 1 aromatic rings. The zero-order valence-corrected chi connectivity index (χ0v) is 9.21. The fourth-order valence-corrected chi connectivity index (χ4v) is 1.95. The molecule has 0 unspecified atom stereocenters. The zero-order valence-electron chi connectivity index (χ0n) is 7.63. The summed E-state index contributed by atoms with van der Waals surface area (Å²) in [5.41, 5.74) is 1.13. The van der Waals surface area contributed by atoms with Crippen molar-refractivity contribution in [2.75, 3.05) is 5.32 Å². The first-order valence-corrected chi connectivity index (χ1v) is 5.41. The highest BCUT2D eigenvalue weighted by Crippen LogP contribution is 2.29. The molecule has 0 bridgehead atoms. The summed E-state index contributed by atoms with van der Waals surface area (Å²) in [4.78, 5) is 4.16. The van der Waals surface area contributed by atoms with Crippen molar-refractivity contribution in [3.8, 4) is 0 Å². The maximum Gasteiger partial charge on any atom is 0.106 e. The molecule has 3 heteroatoms. The number of hydrogen-bond acceptors (Lipinski definition) is 2. The van der Waals surface area contributed by atoms with Gasteiger partial charge in [0.15, 0.2) is 0 Å². The Morgan fingerprint density at radius 2 is 2.23 bits per heavy atom. The minimum absolute atomic E-state index is 0.665. The molecule has 0 atom stereocenters. The van der Waals surface area contributed by atoms with Gasteiger partial charge < -0.3 is 5.32 Å². The van der Waals surface area contributed by atoms with Crippen molar-refractivity contribution in [1.29, 1.82) is 0 Å². The first-order chi connectivity index (χ1) is 6.24. The average Bonchev–Trinajstić information content (AvgIpc) is 2.06. The van der Waals surface area contributed by atoms with Gasteiger partial charge in [-0.1, -0.05) is 6.92 Å². The summed E-state index contributed by atoms with van der Waals surface area (Å²) in [5.74, 6) is 0.890. The van der Waals surface area contributed by atoms with Gasteiger partial charge in [-0.25, -0.2) is 4.98 Å². The molecule has 0 aromatic carbocycles. The van der Waals surface area contributed by atoms with Gasteiger partial charge in [0.25, 0.3) is 0 Å². The normalized spacial score (nSPS) is 26.6. The van der Waals surface area contributed by atoms with Gasteiger partial charge >= 0.3 is 0 Å². The summed E-state index contributed by atoms with van der Waals surface area (Å²) in [5, 5.41) is 3.45. The SMILES string of the molecule is CC1CC(Nc2ccc(Br)nc2)C1. The van der Waals surface area contributed by atoms with Crippen LogP contribution in [0.25, 0.3) is 0 Å². The smallest absolute Gasteiger partial charge is 0.106 e. The zero-order chi connectivity index (χ0) is 9.26. The molecule has 0 amide bonds. The lowest BCUT2D eigenvalue weighted by molar-refractivity contribution is 0.309. The van der Waals surface area contributed by atoms with E-state index in [1.165, 1.54) is 12.8 Å². The summed E-state index contributed by atoms with van der Waals surface area (Å²) >= 11 is 3.31. The first-order valence-electron chi connectivity index (χ1n) is 4.62. The summed E-state index contributed by atoms with van der Waals surface area (Å²) in [6.45, 7) is 2.29. The number of hydrogen-bond donors (Lipinski definition) is 1. The third-order valence-corrected chi connectivity index (χ3v) is 2.94. The number of anilines is 1. The standard InChI is InChI=1S/C10H13BrN2/c1-7-4-9(5-7)13-8-2-3-10(11)12-6-8/h2-3,6-7,9,13H,4-5H2,1H3. The van der Waals surface area contributed by atoms with Gasteiger partial charge in [-0.15, -0.1) is 0 Å². The predicted octanol–water partition coefficient (Wildman–Crippen LogP) is 3.05. The third kappa shape index (κ3) is 2.21. The number of aromatic nitrogens is 1. The largest absolute Gasteiger partial charge is 0.381 e. The summed E-state index contributed by atoms with van der Waals surface area (Å²) in [6.07, 6.45) is 4.44. The Kier molecular flexibility index (Phi) is 2.54. The minimum Gasteiger partial charge on any atom is -0.381 e. The van der Waals surface area contributed by atoms with E-state index in [0.29, 0.717) is 6.04 Å². The molecule has 0 aliphatic heterocycles. The van der Waals surface area contributed by atoms with E-state index in [9.17, 15) is 0 Å².